The fraction of sp³-hybridized carbons (Fsp3) is 0.875. The van der Waals surface area contributed by atoms with Gasteiger partial charge in [0, 0.05) is 18.4 Å². The Hall–Kier alpha value is -0.670. The maximum Gasteiger partial charge on any atom is 0.157 e. The molecule has 27 heavy (non-hydrogen) atoms. The van der Waals surface area contributed by atoms with Crippen LogP contribution in [0.5, 0.6) is 0 Å². The van der Waals surface area contributed by atoms with Gasteiger partial charge in [-0.2, -0.15) is 0 Å². The van der Waals surface area contributed by atoms with Crippen LogP contribution in [0, 0.1) is 28.6 Å². The van der Waals surface area contributed by atoms with Crippen molar-refractivity contribution in [2.24, 2.45) is 28.6 Å². The van der Waals surface area contributed by atoms with Crippen molar-refractivity contribution in [1.82, 2.24) is 0 Å². The number of hydrogen-bond acceptors (Lipinski definition) is 3. The van der Waals surface area contributed by atoms with Crippen LogP contribution in [0.25, 0.3) is 0 Å². The molecule has 5 rings (SSSR count). The van der Waals surface area contributed by atoms with E-state index in [1.807, 2.05) is 0 Å². The van der Waals surface area contributed by atoms with Crippen LogP contribution in [-0.2, 0) is 14.3 Å². The van der Waals surface area contributed by atoms with Gasteiger partial charge in [-0.15, -0.1) is 0 Å². The number of fused-ring (bicyclic) bond motifs is 5. The summed E-state index contributed by atoms with van der Waals surface area (Å²) in [6, 6.07) is 0. The number of rotatable bonds is 2. The fourth-order valence-corrected chi connectivity index (χ4v) is 7.55. The summed E-state index contributed by atoms with van der Waals surface area (Å²) >= 11 is 0. The van der Waals surface area contributed by atoms with Crippen LogP contribution in [0.4, 0.5) is 0 Å². The van der Waals surface area contributed by atoms with Crippen LogP contribution < -0.4 is 0 Å². The summed E-state index contributed by atoms with van der Waals surface area (Å²) in [7, 11) is 0. The molecule has 1 aliphatic heterocycles. The quantitative estimate of drug-likeness (QED) is 0.606. The molecule has 0 aromatic heterocycles. The van der Waals surface area contributed by atoms with E-state index in [4.69, 9.17) is 9.47 Å². The Morgan fingerprint density at radius 2 is 1.85 bits per heavy atom. The highest BCUT2D eigenvalue weighted by Gasteiger charge is 2.58. The third-order valence-electron chi connectivity index (χ3n) is 9.25. The first-order chi connectivity index (χ1) is 13.0. The van der Waals surface area contributed by atoms with Crippen molar-refractivity contribution in [3.05, 3.63) is 11.6 Å². The standard InChI is InChI=1S/C24H36O3/c1-23-12-10-17(27-22-5-3-4-14-26-22)15-16(23)6-7-18-19-8-9-21(25)24(19,2)13-11-20(18)23/h6,17-20,22H,3-5,7-15H2,1-2H3/t17-,18+,19-,20+,22-,23+,24-/m1/s1. The van der Waals surface area contributed by atoms with Gasteiger partial charge in [0.2, 0.25) is 0 Å². The molecular formula is C24H36O3. The lowest BCUT2D eigenvalue weighted by atomic mass is 9.48. The monoisotopic (exact) mass is 372 g/mol. The van der Waals surface area contributed by atoms with Crippen molar-refractivity contribution in [2.45, 2.75) is 96.9 Å². The Labute approximate surface area is 164 Å². The molecule has 0 spiro atoms. The molecule has 3 saturated carbocycles. The normalized spacial score (nSPS) is 49.8. The van der Waals surface area contributed by atoms with E-state index in [1.54, 1.807) is 5.57 Å². The van der Waals surface area contributed by atoms with Crippen molar-refractivity contribution in [1.29, 1.82) is 0 Å². The highest BCUT2D eigenvalue weighted by Crippen LogP contribution is 2.64. The van der Waals surface area contributed by atoms with Crippen LogP contribution >= 0.6 is 0 Å². The lowest BCUT2D eigenvalue weighted by Crippen LogP contribution is -2.50. The van der Waals surface area contributed by atoms with Gasteiger partial charge in [-0.3, -0.25) is 4.79 Å². The maximum absolute atomic E-state index is 12.6. The van der Waals surface area contributed by atoms with Crippen LogP contribution in [0.2, 0.25) is 0 Å². The van der Waals surface area contributed by atoms with Gasteiger partial charge in [0.15, 0.2) is 6.29 Å². The molecule has 4 aliphatic carbocycles. The summed E-state index contributed by atoms with van der Waals surface area (Å²) in [6.07, 6.45) is 15.4. The summed E-state index contributed by atoms with van der Waals surface area (Å²) in [5.74, 6) is 2.68. The molecule has 5 aliphatic rings. The van der Waals surface area contributed by atoms with Gasteiger partial charge in [-0.05, 0) is 87.4 Å². The molecule has 4 fully saturated rings. The first-order valence-electron chi connectivity index (χ1n) is 11.5. The minimum Gasteiger partial charge on any atom is -0.353 e. The highest BCUT2D eigenvalue weighted by atomic mass is 16.7. The van der Waals surface area contributed by atoms with Crippen LogP contribution in [0.15, 0.2) is 11.6 Å². The molecule has 1 saturated heterocycles. The smallest absolute Gasteiger partial charge is 0.157 e. The van der Waals surface area contributed by atoms with Gasteiger partial charge >= 0.3 is 0 Å². The Morgan fingerprint density at radius 1 is 1.04 bits per heavy atom. The largest absolute Gasteiger partial charge is 0.353 e. The number of carbonyl (C=O) groups excluding carboxylic acids is 1. The Morgan fingerprint density at radius 3 is 2.67 bits per heavy atom. The van der Waals surface area contributed by atoms with Crippen molar-refractivity contribution in [3.8, 4) is 0 Å². The molecule has 3 nitrogen and oxygen atoms in total. The predicted molar refractivity (Wildman–Crippen MR) is 105 cm³/mol. The predicted octanol–water partition coefficient (Wildman–Crippen LogP) is 5.43. The Balaban J connectivity index is 1.32. The second kappa shape index (κ2) is 6.69. The molecule has 7 atom stereocenters. The van der Waals surface area contributed by atoms with E-state index in [2.05, 4.69) is 19.9 Å². The van der Waals surface area contributed by atoms with E-state index in [0.29, 0.717) is 23.2 Å². The Bertz CT molecular complexity index is 634. The third-order valence-corrected chi connectivity index (χ3v) is 9.25. The lowest BCUT2D eigenvalue weighted by molar-refractivity contribution is -0.195. The molecule has 0 radical (unpaired) electrons. The van der Waals surface area contributed by atoms with E-state index in [9.17, 15) is 4.79 Å². The molecular weight excluding hydrogens is 336 g/mol. The molecule has 0 amide bonds. The molecule has 150 valence electrons. The summed E-state index contributed by atoms with van der Waals surface area (Å²) in [5, 5.41) is 0. The van der Waals surface area contributed by atoms with E-state index in [-0.39, 0.29) is 11.7 Å². The zero-order valence-electron chi connectivity index (χ0n) is 17.2. The van der Waals surface area contributed by atoms with Crippen molar-refractivity contribution in [3.63, 3.8) is 0 Å². The zero-order chi connectivity index (χ0) is 18.6. The van der Waals surface area contributed by atoms with Gasteiger partial charge in [0.05, 0.1) is 6.10 Å². The molecule has 1 heterocycles. The van der Waals surface area contributed by atoms with Crippen LogP contribution in [-0.4, -0.2) is 24.8 Å². The van der Waals surface area contributed by atoms with Gasteiger partial charge in [-0.1, -0.05) is 25.5 Å². The summed E-state index contributed by atoms with van der Waals surface area (Å²) in [6.45, 7) is 5.67. The minimum atomic E-state index is -0.0124. The van der Waals surface area contributed by atoms with Crippen molar-refractivity contribution in [2.75, 3.05) is 6.61 Å². The molecule has 0 aromatic carbocycles. The summed E-state index contributed by atoms with van der Waals surface area (Å²) < 4.78 is 12.2. The molecule has 0 bridgehead atoms. The zero-order valence-corrected chi connectivity index (χ0v) is 17.2. The number of ether oxygens (including phenoxy) is 2. The van der Waals surface area contributed by atoms with Gasteiger partial charge < -0.3 is 9.47 Å². The van der Waals surface area contributed by atoms with E-state index >= 15 is 0 Å². The third kappa shape index (κ3) is 2.87. The summed E-state index contributed by atoms with van der Waals surface area (Å²) in [4.78, 5) is 12.6. The first-order valence-corrected chi connectivity index (χ1v) is 11.5. The van der Waals surface area contributed by atoms with Gasteiger partial charge in [0.1, 0.15) is 5.78 Å². The number of allylic oxidation sites excluding steroid dienone is 1. The second-order valence-corrected chi connectivity index (χ2v) is 10.5. The van der Waals surface area contributed by atoms with E-state index in [1.165, 1.54) is 32.1 Å². The minimum absolute atomic E-state index is 0.0124. The number of carbonyl (C=O) groups is 1. The molecule has 0 N–H and O–H groups in total. The molecule has 3 heteroatoms. The fourth-order valence-electron chi connectivity index (χ4n) is 7.55. The molecule has 0 unspecified atom stereocenters. The van der Waals surface area contributed by atoms with Crippen LogP contribution in [0.3, 0.4) is 0 Å². The van der Waals surface area contributed by atoms with Crippen molar-refractivity contribution < 1.29 is 14.3 Å². The number of hydrogen-bond donors (Lipinski definition) is 0. The average Bonchev–Trinajstić information content (AvgIpc) is 2.98. The Kier molecular flexibility index (Phi) is 4.55. The number of Topliss-reactive ketones (excluding diaryl/α,β-unsaturated/α-hetero) is 1. The van der Waals surface area contributed by atoms with Gasteiger partial charge in [-0.25, -0.2) is 0 Å². The van der Waals surface area contributed by atoms with Crippen molar-refractivity contribution >= 4 is 5.78 Å². The summed E-state index contributed by atoms with van der Waals surface area (Å²) in [5.41, 5.74) is 1.98. The van der Waals surface area contributed by atoms with Gasteiger partial charge in [0.25, 0.3) is 0 Å². The number of ketones is 1. The van der Waals surface area contributed by atoms with E-state index in [0.717, 1.165) is 57.0 Å². The first kappa shape index (κ1) is 18.4. The average molecular weight is 373 g/mol. The highest BCUT2D eigenvalue weighted by molar-refractivity contribution is 5.87. The van der Waals surface area contributed by atoms with Crippen LogP contribution in [0.1, 0.15) is 84.5 Å². The second-order valence-electron chi connectivity index (χ2n) is 10.5. The maximum atomic E-state index is 12.6. The SMILES string of the molecule is C[C@@]12CC[C@H]3[C@@H](CC=C4C[C@H](O[C@@H]5CCCCO5)CC[C@@]43C)[C@H]1CCC2=O. The topological polar surface area (TPSA) is 35.5 Å². The lowest BCUT2D eigenvalue weighted by Gasteiger charge is -2.57. The molecule has 0 aromatic rings. The van der Waals surface area contributed by atoms with E-state index < -0.39 is 0 Å².